The molecule has 1 aromatic carbocycles. The molecule has 3 amide bonds. The van der Waals surface area contributed by atoms with Crippen LogP contribution >= 0.6 is 23.4 Å². The van der Waals surface area contributed by atoms with Gasteiger partial charge in [-0.3, -0.25) is 4.79 Å². The Balaban J connectivity index is 1.59. The Bertz CT molecular complexity index is 702. The van der Waals surface area contributed by atoms with Gasteiger partial charge in [0.1, 0.15) is 0 Å². The predicted octanol–water partition coefficient (Wildman–Crippen LogP) is 4.18. The van der Waals surface area contributed by atoms with Crippen molar-refractivity contribution < 1.29 is 9.59 Å². The highest BCUT2D eigenvalue weighted by atomic mass is 35.5. The molecule has 1 aliphatic carbocycles. The summed E-state index contributed by atoms with van der Waals surface area (Å²) in [4.78, 5) is 31.7. The smallest absolute Gasteiger partial charge is 0.325 e. The standard InChI is InChI=1S/C16H16ClN3O2S/c17-10-4-3-5-11(8-10)18-14(21)9-23-15-12-6-1-2-7-13(12)19-16(22)20-15/h3-5,8,12H,1-2,6-7,9H2,(H,18,21). The van der Waals surface area contributed by atoms with Crippen molar-refractivity contribution in [2.45, 2.75) is 25.7 Å². The van der Waals surface area contributed by atoms with E-state index in [1.807, 2.05) is 0 Å². The zero-order valence-electron chi connectivity index (χ0n) is 12.4. The molecule has 1 fully saturated rings. The van der Waals surface area contributed by atoms with Gasteiger partial charge in [0, 0.05) is 22.3 Å². The molecule has 23 heavy (non-hydrogen) atoms. The van der Waals surface area contributed by atoms with Gasteiger partial charge < -0.3 is 5.32 Å². The van der Waals surface area contributed by atoms with Crippen molar-refractivity contribution in [3.8, 4) is 0 Å². The summed E-state index contributed by atoms with van der Waals surface area (Å²) in [5, 5.41) is 4.08. The highest BCUT2D eigenvalue weighted by Gasteiger charge is 2.30. The van der Waals surface area contributed by atoms with Gasteiger partial charge in [-0.05, 0) is 37.5 Å². The molecule has 1 aliphatic heterocycles. The fraction of sp³-hybridized carbons (Fsp3) is 0.375. The van der Waals surface area contributed by atoms with Crippen LogP contribution in [0.25, 0.3) is 0 Å². The Morgan fingerprint density at radius 1 is 1.35 bits per heavy atom. The summed E-state index contributed by atoms with van der Waals surface area (Å²) >= 11 is 7.21. The van der Waals surface area contributed by atoms with Crippen LogP contribution in [0.3, 0.4) is 0 Å². The van der Waals surface area contributed by atoms with E-state index in [-0.39, 0.29) is 17.6 Å². The summed E-state index contributed by atoms with van der Waals surface area (Å²) in [6, 6.07) is 6.55. The van der Waals surface area contributed by atoms with Crippen LogP contribution in [0, 0.1) is 5.92 Å². The quantitative estimate of drug-likeness (QED) is 0.890. The maximum absolute atomic E-state index is 12.1. The Kier molecular flexibility index (Phi) is 5.13. The normalized spacial score (nSPS) is 20.4. The first-order valence-corrected chi connectivity index (χ1v) is 8.86. The summed E-state index contributed by atoms with van der Waals surface area (Å²) in [5.41, 5.74) is 1.58. The lowest BCUT2D eigenvalue weighted by Gasteiger charge is -2.26. The Labute approximate surface area is 143 Å². The van der Waals surface area contributed by atoms with Gasteiger partial charge in [0.2, 0.25) is 5.91 Å². The number of rotatable bonds is 3. The third-order valence-corrected chi connectivity index (χ3v) is 5.09. The fourth-order valence-electron chi connectivity index (χ4n) is 2.75. The van der Waals surface area contributed by atoms with Crippen molar-refractivity contribution in [1.82, 2.24) is 0 Å². The number of fused-ring (bicyclic) bond motifs is 1. The SMILES string of the molecule is O=C1N=C2CCCCC2C(SCC(=O)Nc2cccc(Cl)c2)=N1. The Morgan fingerprint density at radius 3 is 3.04 bits per heavy atom. The van der Waals surface area contributed by atoms with Crippen LogP contribution < -0.4 is 5.32 Å². The molecular weight excluding hydrogens is 334 g/mol. The minimum Gasteiger partial charge on any atom is -0.325 e. The van der Waals surface area contributed by atoms with Gasteiger partial charge in [-0.2, -0.15) is 4.99 Å². The molecule has 1 saturated carbocycles. The molecule has 0 spiro atoms. The first-order valence-electron chi connectivity index (χ1n) is 7.50. The molecule has 0 radical (unpaired) electrons. The number of nitrogens with one attached hydrogen (secondary N) is 1. The van der Waals surface area contributed by atoms with Gasteiger partial charge in [-0.15, -0.1) is 0 Å². The van der Waals surface area contributed by atoms with Crippen LogP contribution in [0.4, 0.5) is 10.5 Å². The third-order valence-electron chi connectivity index (χ3n) is 3.78. The van der Waals surface area contributed by atoms with Crippen LogP contribution in [-0.4, -0.2) is 28.4 Å². The number of aliphatic imine (C=N–C) groups is 2. The van der Waals surface area contributed by atoms with Gasteiger partial charge in [0.15, 0.2) is 0 Å². The van der Waals surface area contributed by atoms with Crippen LogP contribution in [0.5, 0.6) is 0 Å². The minimum atomic E-state index is -0.448. The monoisotopic (exact) mass is 349 g/mol. The largest absolute Gasteiger partial charge is 0.367 e. The average molecular weight is 350 g/mol. The molecule has 3 rings (SSSR count). The number of hydrogen-bond donors (Lipinski definition) is 1. The number of benzene rings is 1. The lowest BCUT2D eigenvalue weighted by Crippen LogP contribution is -2.31. The summed E-state index contributed by atoms with van der Waals surface area (Å²) < 4.78 is 0. The van der Waals surface area contributed by atoms with E-state index < -0.39 is 6.03 Å². The van der Waals surface area contributed by atoms with Gasteiger partial charge in [-0.25, -0.2) is 9.79 Å². The fourth-order valence-corrected chi connectivity index (χ4v) is 3.89. The molecule has 0 aromatic heterocycles. The van der Waals surface area contributed by atoms with Crippen LogP contribution in [0.1, 0.15) is 25.7 Å². The number of nitrogens with zero attached hydrogens (tertiary/aromatic N) is 2. The number of amides is 3. The lowest BCUT2D eigenvalue weighted by molar-refractivity contribution is -0.113. The number of halogens is 1. The van der Waals surface area contributed by atoms with Crippen LogP contribution in [0.2, 0.25) is 5.02 Å². The number of thioether (sulfide) groups is 1. The van der Waals surface area contributed by atoms with Crippen LogP contribution in [0.15, 0.2) is 34.3 Å². The maximum Gasteiger partial charge on any atom is 0.367 e. The van der Waals surface area contributed by atoms with Crippen molar-refractivity contribution in [2.24, 2.45) is 15.9 Å². The first kappa shape index (κ1) is 16.2. The molecule has 1 unspecified atom stereocenters. The van der Waals surface area contributed by atoms with Gasteiger partial charge in [0.05, 0.1) is 10.8 Å². The molecule has 2 aliphatic rings. The van der Waals surface area contributed by atoms with Crippen molar-refractivity contribution in [3.63, 3.8) is 0 Å². The lowest BCUT2D eigenvalue weighted by atomic mass is 9.87. The van der Waals surface area contributed by atoms with E-state index in [9.17, 15) is 9.59 Å². The zero-order valence-corrected chi connectivity index (χ0v) is 14.0. The first-order chi connectivity index (χ1) is 11.1. The molecule has 1 atom stereocenters. The van der Waals surface area contributed by atoms with Gasteiger partial charge in [-0.1, -0.05) is 35.9 Å². The Morgan fingerprint density at radius 2 is 2.22 bits per heavy atom. The van der Waals surface area contributed by atoms with E-state index in [1.54, 1.807) is 24.3 Å². The van der Waals surface area contributed by atoms with Gasteiger partial charge in [0.25, 0.3) is 0 Å². The molecule has 1 heterocycles. The molecule has 1 aromatic rings. The van der Waals surface area contributed by atoms with E-state index in [0.717, 1.165) is 36.4 Å². The van der Waals surface area contributed by atoms with Crippen molar-refractivity contribution in [1.29, 1.82) is 0 Å². The minimum absolute atomic E-state index is 0.116. The summed E-state index contributed by atoms with van der Waals surface area (Å²) in [6.07, 6.45) is 3.97. The molecule has 1 N–H and O–H groups in total. The third kappa shape index (κ3) is 4.20. The highest BCUT2D eigenvalue weighted by Crippen LogP contribution is 2.30. The number of anilines is 1. The van der Waals surface area contributed by atoms with E-state index in [1.165, 1.54) is 11.8 Å². The number of urea groups is 1. The van der Waals surface area contributed by atoms with Crippen molar-refractivity contribution >= 4 is 51.7 Å². The maximum atomic E-state index is 12.1. The second-order valence-corrected chi connectivity index (χ2v) is 6.91. The Hall–Kier alpha value is -1.66. The van der Waals surface area contributed by atoms with Gasteiger partial charge >= 0.3 is 6.03 Å². The second-order valence-electron chi connectivity index (χ2n) is 5.48. The molecule has 0 bridgehead atoms. The van der Waals surface area contributed by atoms with E-state index in [4.69, 9.17) is 11.6 Å². The second kappa shape index (κ2) is 7.27. The summed E-state index contributed by atoms with van der Waals surface area (Å²) in [7, 11) is 0. The average Bonchev–Trinajstić information content (AvgIpc) is 2.52. The number of carbonyl (C=O) groups is 2. The summed E-state index contributed by atoms with van der Waals surface area (Å²) in [6.45, 7) is 0. The molecule has 5 nitrogen and oxygen atoms in total. The summed E-state index contributed by atoms with van der Waals surface area (Å²) in [5.74, 6) is 0.181. The van der Waals surface area contributed by atoms with E-state index >= 15 is 0 Å². The number of hydrogen-bond acceptors (Lipinski definition) is 3. The predicted molar refractivity (Wildman–Crippen MR) is 94.8 cm³/mol. The van der Waals surface area contributed by atoms with Crippen LogP contribution in [-0.2, 0) is 4.79 Å². The molecular formula is C16H16ClN3O2S. The van der Waals surface area contributed by atoms with E-state index in [2.05, 4.69) is 15.3 Å². The molecule has 0 saturated heterocycles. The molecule has 7 heteroatoms. The zero-order chi connectivity index (χ0) is 16.2. The number of carbonyl (C=O) groups excluding carboxylic acids is 2. The van der Waals surface area contributed by atoms with E-state index in [0.29, 0.717) is 10.7 Å². The van der Waals surface area contributed by atoms with Crippen molar-refractivity contribution in [3.05, 3.63) is 29.3 Å². The topological polar surface area (TPSA) is 70.9 Å². The highest BCUT2D eigenvalue weighted by molar-refractivity contribution is 8.14. The molecule has 120 valence electrons. The van der Waals surface area contributed by atoms with Crippen molar-refractivity contribution in [2.75, 3.05) is 11.1 Å².